The monoisotopic (exact) mass is 434 g/mol. The van der Waals surface area contributed by atoms with Gasteiger partial charge in [-0.25, -0.2) is 8.42 Å². The molecule has 0 fully saturated rings. The van der Waals surface area contributed by atoms with Crippen LogP contribution in [0.4, 0.5) is 0 Å². The molecule has 30 heavy (non-hydrogen) atoms. The van der Waals surface area contributed by atoms with Crippen LogP contribution in [0.5, 0.6) is 0 Å². The molecule has 3 rings (SSSR count). The number of aliphatic hydroxyl groups is 4. The van der Waals surface area contributed by atoms with Gasteiger partial charge in [-0.15, -0.1) is 0 Å². The molecule has 1 aromatic heterocycles. The lowest BCUT2D eigenvalue weighted by atomic mass is 9.93. The summed E-state index contributed by atoms with van der Waals surface area (Å²) in [6.45, 7) is -1.31. The normalized spacial score (nSPS) is 20.0. The summed E-state index contributed by atoms with van der Waals surface area (Å²) < 4.78 is 30.0. The largest absolute Gasteiger partial charge is 0.459 e. The Morgan fingerprint density at radius 2 is 1.83 bits per heavy atom. The fourth-order valence-corrected chi connectivity index (χ4v) is 5.66. The van der Waals surface area contributed by atoms with Crippen LogP contribution in [-0.2, 0) is 16.4 Å². The molecule has 0 saturated carbocycles. The Bertz CT molecular complexity index is 1020. The first-order chi connectivity index (χ1) is 14.4. The molecule has 1 aliphatic rings. The van der Waals surface area contributed by atoms with Crippen molar-refractivity contribution >= 4 is 21.5 Å². The molecule has 7 nitrogen and oxygen atoms in total. The standard InChI is InChI=1S/C22H26O7S/c23-11-17-14-30(27,28)21(13-25)22(17)20(26)9-6-16(15-4-2-1-3-5-15)10-18-7-8-19(12-24)29-18/h1-5,7-8,10,20-21,23-26H,6,9,11-14H2/b16-10-/t20-,21+/m1/s1. The van der Waals surface area contributed by atoms with Crippen LogP contribution in [0.2, 0.25) is 0 Å². The van der Waals surface area contributed by atoms with Crippen LogP contribution < -0.4 is 0 Å². The fourth-order valence-electron chi connectivity index (χ4n) is 3.78. The van der Waals surface area contributed by atoms with Crippen molar-refractivity contribution in [3.8, 4) is 0 Å². The van der Waals surface area contributed by atoms with Crippen LogP contribution in [0, 0.1) is 0 Å². The second-order valence-electron chi connectivity index (χ2n) is 7.25. The highest BCUT2D eigenvalue weighted by Crippen LogP contribution is 2.33. The van der Waals surface area contributed by atoms with E-state index in [0.717, 1.165) is 11.1 Å². The van der Waals surface area contributed by atoms with Crippen LogP contribution >= 0.6 is 0 Å². The zero-order valence-corrected chi connectivity index (χ0v) is 17.3. The van der Waals surface area contributed by atoms with E-state index in [1.807, 2.05) is 36.4 Å². The van der Waals surface area contributed by atoms with Gasteiger partial charge in [0.15, 0.2) is 9.84 Å². The van der Waals surface area contributed by atoms with Crippen molar-refractivity contribution in [3.05, 3.63) is 70.7 Å². The van der Waals surface area contributed by atoms with Gasteiger partial charge in [0.2, 0.25) is 0 Å². The molecule has 0 unspecified atom stereocenters. The van der Waals surface area contributed by atoms with Gasteiger partial charge in [0.25, 0.3) is 0 Å². The first-order valence-corrected chi connectivity index (χ1v) is 11.4. The van der Waals surface area contributed by atoms with Crippen LogP contribution in [-0.4, -0.2) is 59.2 Å². The lowest BCUT2D eigenvalue weighted by molar-refractivity contribution is 0.188. The highest BCUT2D eigenvalue weighted by molar-refractivity contribution is 7.92. The minimum Gasteiger partial charge on any atom is -0.459 e. The molecule has 0 radical (unpaired) electrons. The fraction of sp³-hybridized carbons (Fsp3) is 0.364. The third-order valence-corrected chi connectivity index (χ3v) is 7.29. The van der Waals surface area contributed by atoms with Crippen molar-refractivity contribution in [2.24, 2.45) is 0 Å². The van der Waals surface area contributed by atoms with E-state index in [0.29, 0.717) is 17.9 Å². The van der Waals surface area contributed by atoms with E-state index in [4.69, 9.17) is 4.42 Å². The molecule has 162 valence electrons. The summed E-state index contributed by atoms with van der Waals surface area (Å²) in [6, 6.07) is 12.9. The van der Waals surface area contributed by atoms with E-state index in [1.54, 1.807) is 12.1 Å². The van der Waals surface area contributed by atoms with Crippen LogP contribution in [0.15, 0.2) is 58.0 Å². The van der Waals surface area contributed by atoms with Gasteiger partial charge in [0.1, 0.15) is 23.4 Å². The Morgan fingerprint density at radius 1 is 1.10 bits per heavy atom. The van der Waals surface area contributed by atoms with E-state index in [9.17, 15) is 28.8 Å². The number of sulfone groups is 1. The third-order valence-electron chi connectivity index (χ3n) is 5.27. The molecule has 2 atom stereocenters. The minimum absolute atomic E-state index is 0.202. The second-order valence-corrected chi connectivity index (χ2v) is 9.43. The maximum absolute atomic E-state index is 12.2. The first-order valence-electron chi connectivity index (χ1n) is 9.68. The second kappa shape index (κ2) is 9.72. The minimum atomic E-state index is -3.63. The molecule has 0 spiro atoms. The number of aliphatic hydroxyl groups excluding tert-OH is 4. The highest BCUT2D eigenvalue weighted by Gasteiger charge is 2.40. The Labute approximate surface area is 175 Å². The highest BCUT2D eigenvalue weighted by atomic mass is 32.2. The van der Waals surface area contributed by atoms with E-state index in [-0.39, 0.29) is 29.9 Å². The molecule has 1 aliphatic heterocycles. The Morgan fingerprint density at radius 3 is 2.43 bits per heavy atom. The molecule has 2 aromatic rings. The molecular formula is C22H26O7S. The van der Waals surface area contributed by atoms with E-state index >= 15 is 0 Å². The van der Waals surface area contributed by atoms with Gasteiger partial charge in [-0.2, -0.15) is 0 Å². The predicted molar refractivity (Wildman–Crippen MR) is 113 cm³/mol. The topological polar surface area (TPSA) is 128 Å². The molecule has 0 bridgehead atoms. The zero-order chi connectivity index (χ0) is 21.7. The zero-order valence-electron chi connectivity index (χ0n) is 16.4. The van der Waals surface area contributed by atoms with Gasteiger partial charge >= 0.3 is 0 Å². The molecule has 2 heterocycles. The molecule has 0 saturated heterocycles. The van der Waals surface area contributed by atoms with Gasteiger partial charge in [-0.3, -0.25) is 0 Å². The number of hydrogen-bond donors (Lipinski definition) is 4. The number of rotatable bonds is 9. The van der Waals surface area contributed by atoms with Crippen LogP contribution in [0.1, 0.15) is 29.9 Å². The van der Waals surface area contributed by atoms with Gasteiger partial charge < -0.3 is 24.8 Å². The summed E-state index contributed by atoms with van der Waals surface area (Å²) in [6.07, 6.45) is 1.32. The maximum Gasteiger partial charge on any atom is 0.163 e. The molecule has 0 amide bonds. The lowest BCUT2D eigenvalue weighted by Gasteiger charge is -2.19. The SMILES string of the molecule is O=S1(=O)CC(CO)=C([C@H](O)CC/C(=C/c2ccc(CO)o2)c2ccccc2)[C@@H]1CO. The summed E-state index contributed by atoms with van der Waals surface area (Å²) in [5, 5.41) is 37.9. The molecule has 0 aliphatic carbocycles. The summed E-state index contributed by atoms with van der Waals surface area (Å²) in [4.78, 5) is 0. The third kappa shape index (κ3) is 4.91. The van der Waals surface area contributed by atoms with Gasteiger partial charge in [-0.1, -0.05) is 30.3 Å². The summed E-state index contributed by atoms with van der Waals surface area (Å²) in [5.41, 5.74) is 2.24. The van der Waals surface area contributed by atoms with E-state index in [2.05, 4.69) is 0 Å². The Hall–Kier alpha value is -2.23. The predicted octanol–water partition coefficient (Wildman–Crippen LogP) is 1.53. The Balaban J connectivity index is 1.85. The number of furan rings is 1. The summed E-state index contributed by atoms with van der Waals surface area (Å²) >= 11 is 0. The molecule has 8 heteroatoms. The average Bonchev–Trinajstić information content (AvgIpc) is 3.31. The molecule has 4 N–H and O–H groups in total. The quantitative estimate of drug-likeness (QED) is 0.441. The van der Waals surface area contributed by atoms with Crippen molar-refractivity contribution in [2.75, 3.05) is 19.0 Å². The van der Waals surface area contributed by atoms with Crippen LogP contribution in [0.3, 0.4) is 0 Å². The summed E-state index contributed by atoms with van der Waals surface area (Å²) in [5.74, 6) is 0.645. The van der Waals surface area contributed by atoms with Crippen molar-refractivity contribution in [1.29, 1.82) is 0 Å². The van der Waals surface area contributed by atoms with E-state index < -0.39 is 34.4 Å². The summed E-state index contributed by atoms with van der Waals surface area (Å²) in [7, 11) is -3.63. The Kier molecular flexibility index (Phi) is 7.27. The molecule has 1 aromatic carbocycles. The van der Waals surface area contributed by atoms with Gasteiger partial charge in [-0.05, 0) is 53.3 Å². The van der Waals surface area contributed by atoms with E-state index in [1.165, 1.54) is 0 Å². The number of allylic oxidation sites excluding steroid dienone is 1. The van der Waals surface area contributed by atoms with Gasteiger partial charge in [0, 0.05) is 0 Å². The van der Waals surface area contributed by atoms with Crippen molar-refractivity contribution in [1.82, 2.24) is 0 Å². The van der Waals surface area contributed by atoms with Crippen LogP contribution in [0.25, 0.3) is 11.6 Å². The number of hydrogen-bond acceptors (Lipinski definition) is 7. The van der Waals surface area contributed by atoms with Crippen molar-refractivity contribution in [3.63, 3.8) is 0 Å². The first kappa shape index (κ1) is 22.5. The van der Waals surface area contributed by atoms with Crippen molar-refractivity contribution in [2.45, 2.75) is 30.8 Å². The average molecular weight is 435 g/mol. The smallest absolute Gasteiger partial charge is 0.163 e. The number of benzene rings is 1. The maximum atomic E-state index is 12.2. The molecular weight excluding hydrogens is 408 g/mol. The lowest BCUT2D eigenvalue weighted by Crippen LogP contribution is -2.29. The van der Waals surface area contributed by atoms with Crippen molar-refractivity contribution < 1.29 is 33.3 Å². The van der Waals surface area contributed by atoms with Gasteiger partial charge in [0.05, 0.1) is 25.1 Å².